The van der Waals surface area contributed by atoms with Crippen molar-refractivity contribution >= 4 is 17.5 Å². The third-order valence-corrected chi connectivity index (χ3v) is 3.39. The molecule has 110 valence electrons. The van der Waals surface area contributed by atoms with E-state index in [1.54, 1.807) is 7.11 Å². The summed E-state index contributed by atoms with van der Waals surface area (Å²) in [7, 11) is 2.96. The average Bonchev–Trinajstić information content (AvgIpc) is 2.94. The van der Waals surface area contributed by atoms with Crippen LogP contribution in [-0.2, 0) is 14.2 Å². The summed E-state index contributed by atoms with van der Waals surface area (Å²) < 4.78 is 15.6. The highest BCUT2D eigenvalue weighted by molar-refractivity contribution is 5.95. The second-order valence-electron chi connectivity index (χ2n) is 4.70. The van der Waals surface area contributed by atoms with Crippen molar-refractivity contribution in [3.63, 3.8) is 0 Å². The van der Waals surface area contributed by atoms with E-state index in [4.69, 9.17) is 19.9 Å². The predicted octanol–water partition coefficient (Wildman–Crippen LogP) is 0.668. The Morgan fingerprint density at radius 2 is 2.40 bits per heavy atom. The minimum Gasteiger partial charge on any atom is -0.465 e. The Kier molecular flexibility index (Phi) is 4.41. The molecule has 7 heteroatoms. The molecule has 1 aliphatic heterocycles. The Hall–Kier alpha value is -1.86. The molecular formula is C13H19N3O4. The van der Waals surface area contributed by atoms with E-state index in [1.165, 1.54) is 19.4 Å². The smallest absolute Gasteiger partial charge is 0.341 e. The minimum atomic E-state index is -0.485. The van der Waals surface area contributed by atoms with Gasteiger partial charge >= 0.3 is 5.97 Å². The van der Waals surface area contributed by atoms with Gasteiger partial charge in [0.15, 0.2) is 0 Å². The number of hydrogen-bond donors (Lipinski definition) is 2. The second kappa shape index (κ2) is 6.06. The maximum atomic E-state index is 11.7. The molecule has 7 nitrogen and oxygen atoms in total. The van der Waals surface area contributed by atoms with Gasteiger partial charge < -0.3 is 25.3 Å². The lowest BCUT2D eigenvalue weighted by molar-refractivity contribution is -0.00628. The summed E-state index contributed by atoms with van der Waals surface area (Å²) in [5.41, 5.74) is 5.96. The van der Waals surface area contributed by atoms with Gasteiger partial charge in [-0.1, -0.05) is 0 Å². The van der Waals surface area contributed by atoms with Crippen molar-refractivity contribution in [2.75, 3.05) is 45.0 Å². The lowest BCUT2D eigenvalue weighted by atomic mass is 10.0. The molecule has 3 N–H and O–H groups in total. The van der Waals surface area contributed by atoms with Crippen LogP contribution in [0.25, 0.3) is 0 Å². The molecule has 2 heterocycles. The first-order valence-corrected chi connectivity index (χ1v) is 6.31. The van der Waals surface area contributed by atoms with E-state index < -0.39 is 11.6 Å². The number of hydrogen-bond acceptors (Lipinski definition) is 7. The number of pyridine rings is 1. The van der Waals surface area contributed by atoms with Crippen LogP contribution in [0.5, 0.6) is 0 Å². The van der Waals surface area contributed by atoms with Crippen LogP contribution in [0.2, 0.25) is 0 Å². The molecule has 1 saturated heterocycles. The van der Waals surface area contributed by atoms with Gasteiger partial charge in [0.1, 0.15) is 17.0 Å². The second-order valence-corrected chi connectivity index (χ2v) is 4.70. The Morgan fingerprint density at radius 3 is 3.00 bits per heavy atom. The van der Waals surface area contributed by atoms with Crippen molar-refractivity contribution in [3.8, 4) is 0 Å². The van der Waals surface area contributed by atoms with E-state index in [9.17, 15) is 4.79 Å². The Labute approximate surface area is 117 Å². The number of aromatic nitrogens is 1. The number of carbonyl (C=O) groups excluding carboxylic acids is 1. The Balaban J connectivity index is 2.14. The van der Waals surface area contributed by atoms with Gasteiger partial charge in [-0.05, 0) is 6.07 Å². The number of ether oxygens (including phenoxy) is 3. The number of methoxy groups -OCH3 is 2. The molecule has 2 rings (SSSR count). The van der Waals surface area contributed by atoms with Crippen molar-refractivity contribution in [2.24, 2.45) is 0 Å². The van der Waals surface area contributed by atoms with E-state index >= 15 is 0 Å². The maximum absolute atomic E-state index is 11.7. The highest BCUT2D eigenvalue weighted by Crippen LogP contribution is 2.24. The van der Waals surface area contributed by atoms with Crippen LogP contribution >= 0.6 is 0 Å². The quantitative estimate of drug-likeness (QED) is 0.766. The number of nitrogens with two attached hydrogens (primary N) is 1. The Morgan fingerprint density at radius 1 is 1.60 bits per heavy atom. The van der Waals surface area contributed by atoms with E-state index in [0.29, 0.717) is 36.8 Å². The largest absolute Gasteiger partial charge is 0.465 e. The van der Waals surface area contributed by atoms with Gasteiger partial charge in [0, 0.05) is 26.7 Å². The molecule has 1 aromatic rings. The molecule has 1 aromatic heterocycles. The van der Waals surface area contributed by atoms with Crippen LogP contribution in [0.1, 0.15) is 16.8 Å². The molecule has 0 radical (unpaired) electrons. The summed E-state index contributed by atoms with van der Waals surface area (Å²) in [6.07, 6.45) is 2.28. The van der Waals surface area contributed by atoms with Crippen molar-refractivity contribution in [1.29, 1.82) is 0 Å². The molecule has 1 unspecified atom stereocenters. The van der Waals surface area contributed by atoms with Gasteiger partial charge in [-0.2, -0.15) is 0 Å². The Bertz CT molecular complexity index is 487. The fourth-order valence-electron chi connectivity index (χ4n) is 2.09. The summed E-state index contributed by atoms with van der Waals surface area (Å²) in [6, 6.07) is 1.53. The monoisotopic (exact) mass is 281 g/mol. The van der Waals surface area contributed by atoms with E-state index in [1.807, 2.05) is 0 Å². The van der Waals surface area contributed by atoms with Gasteiger partial charge in [0.05, 0.1) is 25.6 Å². The maximum Gasteiger partial charge on any atom is 0.341 e. The van der Waals surface area contributed by atoms with Gasteiger partial charge in [-0.25, -0.2) is 9.78 Å². The average molecular weight is 281 g/mol. The zero-order chi connectivity index (χ0) is 14.6. The fraction of sp³-hybridized carbons (Fsp3) is 0.538. The van der Waals surface area contributed by atoms with Gasteiger partial charge in [0.2, 0.25) is 0 Å². The van der Waals surface area contributed by atoms with Crippen LogP contribution in [0.4, 0.5) is 11.5 Å². The number of esters is 1. The number of carbonyl (C=O) groups is 1. The predicted molar refractivity (Wildman–Crippen MR) is 73.7 cm³/mol. The molecular weight excluding hydrogens is 262 g/mol. The minimum absolute atomic E-state index is 0.303. The molecule has 0 amide bonds. The third-order valence-electron chi connectivity index (χ3n) is 3.39. The van der Waals surface area contributed by atoms with Gasteiger partial charge in [-0.15, -0.1) is 0 Å². The van der Waals surface area contributed by atoms with Crippen molar-refractivity contribution in [1.82, 2.24) is 4.98 Å². The summed E-state index contributed by atoms with van der Waals surface area (Å²) in [4.78, 5) is 15.9. The summed E-state index contributed by atoms with van der Waals surface area (Å²) in [6.45, 7) is 1.66. The van der Waals surface area contributed by atoms with E-state index in [0.717, 1.165) is 6.42 Å². The van der Waals surface area contributed by atoms with Crippen LogP contribution in [0, 0.1) is 0 Å². The van der Waals surface area contributed by atoms with E-state index in [2.05, 4.69) is 10.3 Å². The molecule has 1 fully saturated rings. The molecule has 0 spiro atoms. The molecule has 1 aliphatic rings. The standard InChI is InChI=1S/C13H19N3O4/c1-18-12(17)10-5-9(14)6-15-11(10)16-7-13(19-2)3-4-20-8-13/h5-6H,3-4,7-8,14H2,1-2H3,(H,15,16). The summed E-state index contributed by atoms with van der Waals surface area (Å²) >= 11 is 0. The van der Waals surface area contributed by atoms with Crippen molar-refractivity contribution in [2.45, 2.75) is 12.0 Å². The van der Waals surface area contributed by atoms with Crippen molar-refractivity contribution < 1.29 is 19.0 Å². The van der Waals surface area contributed by atoms with Crippen LogP contribution in [0.15, 0.2) is 12.3 Å². The first kappa shape index (κ1) is 14.5. The van der Waals surface area contributed by atoms with Crippen LogP contribution < -0.4 is 11.1 Å². The van der Waals surface area contributed by atoms with E-state index in [-0.39, 0.29) is 0 Å². The third kappa shape index (κ3) is 3.00. The van der Waals surface area contributed by atoms with Crippen LogP contribution in [0.3, 0.4) is 0 Å². The number of nitrogens with one attached hydrogen (secondary N) is 1. The molecule has 0 aliphatic carbocycles. The highest BCUT2D eigenvalue weighted by Gasteiger charge is 2.35. The zero-order valence-corrected chi connectivity index (χ0v) is 11.6. The summed E-state index contributed by atoms with van der Waals surface area (Å²) in [5.74, 6) is -0.0594. The zero-order valence-electron chi connectivity index (χ0n) is 11.6. The highest BCUT2D eigenvalue weighted by atomic mass is 16.5. The lowest BCUT2D eigenvalue weighted by Gasteiger charge is -2.26. The molecule has 0 saturated carbocycles. The number of nitrogens with zero attached hydrogens (tertiary/aromatic N) is 1. The SMILES string of the molecule is COC(=O)c1cc(N)cnc1NCC1(OC)CCOC1. The fourth-order valence-corrected chi connectivity index (χ4v) is 2.09. The molecule has 0 bridgehead atoms. The van der Waals surface area contributed by atoms with Gasteiger partial charge in [0.25, 0.3) is 0 Å². The number of rotatable bonds is 5. The number of anilines is 2. The van der Waals surface area contributed by atoms with Gasteiger partial charge in [-0.3, -0.25) is 0 Å². The molecule has 20 heavy (non-hydrogen) atoms. The van der Waals surface area contributed by atoms with Crippen molar-refractivity contribution in [3.05, 3.63) is 17.8 Å². The summed E-state index contributed by atoms with van der Waals surface area (Å²) in [5, 5.41) is 3.12. The number of nitrogen functional groups attached to an aromatic ring is 1. The topological polar surface area (TPSA) is 95.7 Å². The molecule has 0 aromatic carbocycles. The lowest BCUT2D eigenvalue weighted by Crippen LogP contribution is -2.40. The first-order valence-electron chi connectivity index (χ1n) is 6.31. The normalized spacial score (nSPS) is 21.7. The first-order chi connectivity index (χ1) is 9.60. The van der Waals surface area contributed by atoms with Crippen LogP contribution in [-0.4, -0.2) is 50.5 Å². The molecule has 1 atom stereocenters.